The molecule has 23 heavy (non-hydrogen) atoms. The van der Waals surface area contributed by atoms with Gasteiger partial charge in [-0.15, -0.1) is 0 Å². The first-order valence-electron chi connectivity index (χ1n) is 6.36. The number of hydrogen-bond donors (Lipinski definition) is 1. The average molecular weight is 362 g/mol. The van der Waals surface area contributed by atoms with Crippen LogP contribution in [0.1, 0.15) is 5.56 Å². The third-order valence-corrected chi connectivity index (χ3v) is 4.13. The fourth-order valence-corrected chi connectivity index (χ4v) is 3.01. The van der Waals surface area contributed by atoms with Crippen LogP contribution in [0, 0.1) is 0 Å². The Balaban J connectivity index is 2.40. The van der Waals surface area contributed by atoms with Gasteiger partial charge < -0.3 is 5.11 Å². The van der Waals surface area contributed by atoms with Crippen molar-refractivity contribution in [2.75, 3.05) is 10.8 Å². The summed E-state index contributed by atoms with van der Waals surface area (Å²) in [6.45, 7) is -0.499. The molecule has 0 fully saturated rings. The number of hydrogen-bond acceptors (Lipinski definition) is 3. The highest BCUT2D eigenvalue weighted by Gasteiger charge is 2.32. The van der Waals surface area contributed by atoms with Crippen molar-refractivity contribution < 1.29 is 23.1 Å². The Hall–Kier alpha value is -1.86. The smallest absolute Gasteiger partial charge is 0.416 e. The first-order valence-corrected chi connectivity index (χ1v) is 7.51. The van der Waals surface area contributed by atoms with Crippen molar-refractivity contribution in [2.24, 2.45) is 0 Å². The number of rotatable bonds is 5. The SMILES string of the molecule is O=C(O)CN(Sc1ccccc1)c1cc(C(F)(F)F)ccc1Cl. The van der Waals surface area contributed by atoms with Gasteiger partial charge in [0, 0.05) is 4.90 Å². The zero-order chi connectivity index (χ0) is 17.0. The molecule has 0 radical (unpaired) electrons. The van der Waals surface area contributed by atoms with Crippen molar-refractivity contribution in [2.45, 2.75) is 11.1 Å². The zero-order valence-electron chi connectivity index (χ0n) is 11.5. The lowest BCUT2D eigenvalue weighted by atomic mass is 10.2. The molecule has 1 N–H and O–H groups in total. The van der Waals surface area contributed by atoms with Gasteiger partial charge in [-0.2, -0.15) is 13.2 Å². The van der Waals surface area contributed by atoms with Crippen LogP contribution in [0.5, 0.6) is 0 Å². The summed E-state index contributed by atoms with van der Waals surface area (Å²) in [4.78, 5) is 11.7. The van der Waals surface area contributed by atoms with Gasteiger partial charge in [-0.3, -0.25) is 9.10 Å². The Morgan fingerprint density at radius 1 is 1.17 bits per heavy atom. The second-order valence-electron chi connectivity index (χ2n) is 4.50. The van der Waals surface area contributed by atoms with Crippen LogP contribution in [0.25, 0.3) is 0 Å². The largest absolute Gasteiger partial charge is 0.480 e. The second kappa shape index (κ2) is 7.14. The monoisotopic (exact) mass is 361 g/mol. The van der Waals surface area contributed by atoms with E-state index in [0.29, 0.717) is 4.90 Å². The van der Waals surface area contributed by atoms with E-state index in [9.17, 15) is 18.0 Å². The highest BCUT2D eigenvalue weighted by molar-refractivity contribution is 8.00. The van der Waals surface area contributed by atoms with Crippen LogP contribution < -0.4 is 4.31 Å². The lowest BCUT2D eigenvalue weighted by Gasteiger charge is -2.23. The van der Waals surface area contributed by atoms with E-state index in [1.807, 2.05) is 0 Å². The topological polar surface area (TPSA) is 40.5 Å². The molecule has 0 unspecified atom stereocenters. The molecule has 0 bridgehead atoms. The summed E-state index contributed by atoms with van der Waals surface area (Å²) in [5.41, 5.74) is -0.890. The molecule has 8 heteroatoms. The Labute approximate surface area is 139 Å². The molecule has 122 valence electrons. The standard InChI is InChI=1S/C15H11ClF3NO2S/c16-12-7-6-10(15(17,18)19)8-13(12)20(9-14(21)22)23-11-4-2-1-3-5-11/h1-8H,9H2,(H,21,22). The maximum Gasteiger partial charge on any atom is 0.416 e. The van der Waals surface area contributed by atoms with E-state index in [0.717, 1.165) is 30.1 Å². The van der Waals surface area contributed by atoms with Gasteiger partial charge in [0.15, 0.2) is 0 Å². The third-order valence-electron chi connectivity index (χ3n) is 2.78. The quantitative estimate of drug-likeness (QED) is 0.764. The number of carbonyl (C=O) groups is 1. The van der Waals surface area contributed by atoms with Crippen molar-refractivity contribution in [3.63, 3.8) is 0 Å². The Kier molecular flexibility index (Phi) is 5.43. The number of halogens is 4. The summed E-state index contributed by atoms with van der Waals surface area (Å²) < 4.78 is 39.8. The molecule has 2 aromatic rings. The van der Waals surface area contributed by atoms with Crippen LogP contribution in [0.15, 0.2) is 53.4 Å². The van der Waals surface area contributed by atoms with Gasteiger partial charge in [0.05, 0.1) is 16.3 Å². The van der Waals surface area contributed by atoms with Crippen molar-refractivity contribution in [3.8, 4) is 0 Å². The van der Waals surface area contributed by atoms with E-state index >= 15 is 0 Å². The zero-order valence-corrected chi connectivity index (χ0v) is 13.1. The van der Waals surface area contributed by atoms with E-state index in [2.05, 4.69) is 0 Å². The van der Waals surface area contributed by atoms with Gasteiger partial charge in [0.25, 0.3) is 0 Å². The molecule has 0 saturated heterocycles. The minimum absolute atomic E-state index is 0.00209. The second-order valence-corrected chi connectivity index (χ2v) is 6.00. The van der Waals surface area contributed by atoms with Gasteiger partial charge >= 0.3 is 12.1 Å². The van der Waals surface area contributed by atoms with Crippen LogP contribution in [0.3, 0.4) is 0 Å². The molecule has 0 heterocycles. The number of carboxylic acid groups (broad SMARTS) is 1. The molecule has 0 spiro atoms. The summed E-state index contributed by atoms with van der Waals surface area (Å²) >= 11 is 6.98. The predicted octanol–water partition coefficient (Wildman–Crippen LogP) is 4.96. The van der Waals surface area contributed by atoms with Gasteiger partial charge in [0.2, 0.25) is 0 Å². The Morgan fingerprint density at radius 3 is 2.39 bits per heavy atom. The molecule has 0 aliphatic rings. The minimum atomic E-state index is -4.54. The van der Waals surface area contributed by atoms with Crippen molar-refractivity contribution in [3.05, 3.63) is 59.1 Å². The summed E-state index contributed by atoms with van der Waals surface area (Å²) in [6.07, 6.45) is -4.54. The molecule has 0 amide bonds. The van der Waals surface area contributed by atoms with Crippen LogP contribution in [-0.4, -0.2) is 17.6 Å². The van der Waals surface area contributed by atoms with Crippen LogP contribution in [0.2, 0.25) is 5.02 Å². The highest BCUT2D eigenvalue weighted by atomic mass is 35.5. The first kappa shape index (κ1) is 17.5. The van der Waals surface area contributed by atoms with Gasteiger partial charge in [-0.25, -0.2) is 0 Å². The average Bonchev–Trinajstić information content (AvgIpc) is 2.46. The van der Waals surface area contributed by atoms with Gasteiger partial charge in [0.1, 0.15) is 6.54 Å². The molecule has 0 aliphatic carbocycles. The molecule has 0 aromatic heterocycles. The highest BCUT2D eigenvalue weighted by Crippen LogP contribution is 2.38. The number of carboxylic acids is 1. The Bertz CT molecular complexity index is 695. The van der Waals surface area contributed by atoms with E-state index in [1.165, 1.54) is 4.31 Å². The summed E-state index contributed by atoms with van der Waals surface area (Å²) in [5.74, 6) is -1.18. The molecule has 0 atom stereocenters. The van der Waals surface area contributed by atoms with E-state index in [4.69, 9.17) is 16.7 Å². The molecular formula is C15H11ClF3NO2S. The van der Waals surface area contributed by atoms with Crippen molar-refractivity contribution >= 4 is 35.2 Å². The van der Waals surface area contributed by atoms with Crippen molar-refractivity contribution in [1.82, 2.24) is 0 Å². The molecule has 3 nitrogen and oxygen atoms in total. The van der Waals surface area contributed by atoms with Gasteiger partial charge in [-0.1, -0.05) is 29.8 Å². The maximum absolute atomic E-state index is 12.9. The number of nitrogens with zero attached hydrogens (tertiary/aromatic N) is 1. The number of anilines is 1. The van der Waals surface area contributed by atoms with E-state index < -0.39 is 24.3 Å². The van der Waals surface area contributed by atoms with E-state index in [1.54, 1.807) is 30.3 Å². The normalized spacial score (nSPS) is 11.3. The van der Waals surface area contributed by atoms with Gasteiger partial charge in [-0.05, 0) is 42.3 Å². The van der Waals surface area contributed by atoms with Crippen LogP contribution in [-0.2, 0) is 11.0 Å². The third kappa shape index (κ3) is 4.80. The Morgan fingerprint density at radius 2 is 1.83 bits per heavy atom. The predicted molar refractivity (Wildman–Crippen MR) is 83.7 cm³/mol. The lowest BCUT2D eigenvalue weighted by molar-refractivity contribution is -0.137. The fraction of sp³-hybridized carbons (Fsp3) is 0.133. The van der Waals surface area contributed by atoms with Crippen LogP contribution >= 0.6 is 23.5 Å². The number of alkyl halides is 3. The molecular weight excluding hydrogens is 351 g/mol. The molecule has 2 rings (SSSR count). The molecule has 0 aliphatic heterocycles. The van der Waals surface area contributed by atoms with E-state index in [-0.39, 0.29) is 10.7 Å². The minimum Gasteiger partial charge on any atom is -0.480 e. The fourth-order valence-electron chi connectivity index (χ4n) is 1.78. The molecule has 2 aromatic carbocycles. The summed E-state index contributed by atoms with van der Waals surface area (Å²) in [7, 11) is 0. The lowest BCUT2D eigenvalue weighted by Crippen LogP contribution is -2.23. The number of aliphatic carboxylic acids is 1. The van der Waals surface area contributed by atoms with Crippen LogP contribution in [0.4, 0.5) is 18.9 Å². The summed E-state index contributed by atoms with van der Waals surface area (Å²) in [6, 6.07) is 11.5. The molecule has 0 saturated carbocycles. The van der Waals surface area contributed by atoms with Crippen molar-refractivity contribution in [1.29, 1.82) is 0 Å². The maximum atomic E-state index is 12.9. The number of benzene rings is 2. The first-order chi connectivity index (χ1) is 10.8. The summed E-state index contributed by atoms with van der Waals surface area (Å²) in [5, 5.41) is 9.07.